The van der Waals surface area contributed by atoms with Crippen LogP contribution < -0.4 is 15.0 Å². The predicted molar refractivity (Wildman–Crippen MR) is 131 cm³/mol. The molecular formula is C26H38N4O3. The lowest BCUT2D eigenvalue weighted by molar-refractivity contribution is 0.0921. The van der Waals surface area contributed by atoms with Crippen LogP contribution in [0.3, 0.4) is 0 Å². The van der Waals surface area contributed by atoms with Crippen LogP contribution >= 0.6 is 0 Å². The van der Waals surface area contributed by atoms with E-state index in [1.165, 1.54) is 5.56 Å². The molecule has 1 aromatic carbocycles. The van der Waals surface area contributed by atoms with E-state index in [1.807, 2.05) is 31.5 Å². The van der Waals surface area contributed by atoms with Gasteiger partial charge in [0.05, 0.1) is 13.2 Å². The second-order valence-corrected chi connectivity index (χ2v) is 9.22. The van der Waals surface area contributed by atoms with E-state index >= 15 is 0 Å². The second-order valence-electron chi connectivity index (χ2n) is 9.22. The van der Waals surface area contributed by atoms with Crippen molar-refractivity contribution in [1.29, 1.82) is 0 Å². The molecule has 33 heavy (non-hydrogen) atoms. The summed E-state index contributed by atoms with van der Waals surface area (Å²) in [6.07, 6.45) is 8.13. The Balaban J connectivity index is 1.42. The van der Waals surface area contributed by atoms with Crippen LogP contribution in [0.4, 0.5) is 5.95 Å². The van der Waals surface area contributed by atoms with Crippen LogP contribution in [0.2, 0.25) is 0 Å². The molecule has 2 heterocycles. The Bertz CT molecular complexity index is 895. The zero-order valence-corrected chi connectivity index (χ0v) is 20.4. The smallest absolute Gasteiger partial charge is 0.251 e. The summed E-state index contributed by atoms with van der Waals surface area (Å²) in [7, 11) is 0. The van der Waals surface area contributed by atoms with E-state index in [9.17, 15) is 4.79 Å². The zero-order chi connectivity index (χ0) is 23.8. The van der Waals surface area contributed by atoms with Gasteiger partial charge in [-0.15, -0.1) is 0 Å². The Hall–Kier alpha value is -2.67. The van der Waals surface area contributed by atoms with Gasteiger partial charge in [-0.2, -0.15) is 0 Å². The van der Waals surface area contributed by atoms with Crippen LogP contribution in [-0.2, 0) is 6.42 Å². The summed E-state index contributed by atoms with van der Waals surface area (Å²) < 4.78 is 6.00. The van der Waals surface area contributed by atoms with E-state index in [-0.39, 0.29) is 18.6 Å². The van der Waals surface area contributed by atoms with Gasteiger partial charge in [0.25, 0.3) is 5.91 Å². The van der Waals surface area contributed by atoms with Crippen molar-refractivity contribution >= 4 is 11.9 Å². The molecule has 180 valence electrons. The van der Waals surface area contributed by atoms with Crippen LogP contribution in [0.15, 0.2) is 30.6 Å². The van der Waals surface area contributed by atoms with Crippen LogP contribution in [0.1, 0.15) is 61.5 Å². The van der Waals surface area contributed by atoms with Crippen molar-refractivity contribution in [3.05, 3.63) is 47.3 Å². The number of aliphatic hydroxyl groups is 1. The van der Waals surface area contributed by atoms with Gasteiger partial charge >= 0.3 is 0 Å². The Morgan fingerprint density at radius 1 is 1.24 bits per heavy atom. The number of aryl methyl sites for hydroxylation is 2. The third-order valence-electron chi connectivity index (χ3n) is 6.66. The number of aromatic nitrogens is 2. The van der Waals surface area contributed by atoms with Gasteiger partial charge in [0.2, 0.25) is 5.95 Å². The van der Waals surface area contributed by atoms with Crippen molar-refractivity contribution in [2.45, 2.75) is 59.4 Å². The highest BCUT2D eigenvalue weighted by Gasteiger charge is 2.25. The van der Waals surface area contributed by atoms with Gasteiger partial charge in [-0.05, 0) is 80.7 Å². The van der Waals surface area contributed by atoms with Gasteiger partial charge in [0, 0.05) is 37.1 Å². The number of piperidine rings is 1. The molecule has 1 saturated heterocycles. The first-order chi connectivity index (χ1) is 15.9. The number of hydrogen-bond acceptors (Lipinski definition) is 6. The van der Waals surface area contributed by atoms with Crippen LogP contribution in [0, 0.1) is 18.8 Å². The molecule has 1 aliphatic rings. The van der Waals surface area contributed by atoms with Crippen molar-refractivity contribution < 1.29 is 14.6 Å². The maximum absolute atomic E-state index is 12.3. The van der Waals surface area contributed by atoms with Gasteiger partial charge in [0.15, 0.2) is 0 Å². The summed E-state index contributed by atoms with van der Waals surface area (Å²) in [4.78, 5) is 23.6. The largest absolute Gasteiger partial charge is 0.494 e. The average molecular weight is 455 g/mol. The van der Waals surface area contributed by atoms with E-state index in [2.05, 4.69) is 34.0 Å². The molecule has 2 atom stereocenters. The van der Waals surface area contributed by atoms with Gasteiger partial charge in [-0.25, -0.2) is 9.97 Å². The lowest BCUT2D eigenvalue weighted by atomic mass is 9.84. The molecule has 0 aliphatic carbocycles. The van der Waals surface area contributed by atoms with E-state index < -0.39 is 0 Å². The summed E-state index contributed by atoms with van der Waals surface area (Å²) >= 11 is 0. The molecule has 7 nitrogen and oxygen atoms in total. The van der Waals surface area contributed by atoms with Gasteiger partial charge in [-0.1, -0.05) is 13.8 Å². The first kappa shape index (κ1) is 25.0. The lowest BCUT2D eigenvalue weighted by Gasteiger charge is -2.35. The molecule has 3 rings (SSSR count). The molecule has 0 radical (unpaired) electrons. The van der Waals surface area contributed by atoms with Gasteiger partial charge < -0.3 is 20.1 Å². The van der Waals surface area contributed by atoms with E-state index in [1.54, 1.807) is 13.0 Å². The number of aliphatic hydroxyl groups excluding tert-OH is 1. The third-order valence-corrected chi connectivity index (χ3v) is 6.66. The van der Waals surface area contributed by atoms with Crippen molar-refractivity contribution in [2.24, 2.45) is 11.8 Å². The molecule has 0 unspecified atom stereocenters. The van der Waals surface area contributed by atoms with E-state index in [0.717, 1.165) is 56.0 Å². The van der Waals surface area contributed by atoms with Gasteiger partial charge in [-0.3, -0.25) is 4.79 Å². The summed E-state index contributed by atoms with van der Waals surface area (Å²) in [5, 5.41) is 11.9. The molecule has 0 bridgehead atoms. The highest BCUT2D eigenvalue weighted by molar-refractivity contribution is 5.95. The number of benzene rings is 1. The second kappa shape index (κ2) is 12.0. The maximum Gasteiger partial charge on any atom is 0.251 e. The van der Waals surface area contributed by atoms with Gasteiger partial charge in [0.1, 0.15) is 5.75 Å². The SMILES string of the molecule is CCc1cnc(N2CCC([C@H](C)CCOc3ccc(C(=O)N[C@H](C)CO)c(C)c3)CC2)nc1. The Morgan fingerprint density at radius 2 is 1.94 bits per heavy atom. The quantitative estimate of drug-likeness (QED) is 0.568. The summed E-state index contributed by atoms with van der Waals surface area (Å²) in [5.41, 5.74) is 2.65. The molecule has 2 N–H and O–H groups in total. The number of rotatable bonds is 10. The summed E-state index contributed by atoms with van der Waals surface area (Å²) in [6.45, 7) is 10.7. The number of ether oxygens (including phenoxy) is 1. The minimum Gasteiger partial charge on any atom is -0.494 e. The topological polar surface area (TPSA) is 87.6 Å². The number of hydrogen-bond donors (Lipinski definition) is 2. The molecule has 1 aliphatic heterocycles. The molecule has 7 heteroatoms. The minimum atomic E-state index is -0.268. The lowest BCUT2D eigenvalue weighted by Crippen LogP contribution is -2.37. The molecule has 0 spiro atoms. The standard InChI is InChI=1S/C26H38N4O3/c1-5-21-15-27-26(28-16-21)30-11-8-22(9-12-30)18(2)10-13-33-23-6-7-24(19(3)14-23)25(32)29-20(4)17-31/h6-7,14-16,18,20,22,31H,5,8-13,17H2,1-4H3,(H,29,32)/t18-,20-/m1/s1. The highest BCUT2D eigenvalue weighted by atomic mass is 16.5. The third kappa shape index (κ3) is 6.90. The fourth-order valence-corrected chi connectivity index (χ4v) is 4.29. The Labute approximate surface area is 197 Å². The number of nitrogens with one attached hydrogen (secondary N) is 1. The van der Waals surface area contributed by atoms with Crippen LogP contribution in [0.5, 0.6) is 5.75 Å². The number of nitrogens with zero attached hydrogens (tertiary/aromatic N) is 3. The summed E-state index contributed by atoms with van der Waals surface area (Å²) in [6, 6.07) is 5.28. The van der Waals surface area contributed by atoms with Crippen molar-refractivity contribution in [2.75, 3.05) is 31.2 Å². The predicted octanol–water partition coefficient (Wildman–Crippen LogP) is 3.78. The minimum absolute atomic E-state index is 0.0803. The van der Waals surface area contributed by atoms with E-state index in [0.29, 0.717) is 24.0 Å². The normalized spacial score (nSPS) is 16.3. The summed E-state index contributed by atoms with van der Waals surface area (Å²) in [5.74, 6) is 2.73. The maximum atomic E-state index is 12.3. The van der Waals surface area contributed by atoms with Crippen LogP contribution in [0.25, 0.3) is 0 Å². The monoisotopic (exact) mass is 454 g/mol. The first-order valence-electron chi connectivity index (χ1n) is 12.1. The Morgan fingerprint density at radius 3 is 2.55 bits per heavy atom. The molecule has 1 aromatic heterocycles. The van der Waals surface area contributed by atoms with E-state index in [4.69, 9.17) is 9.84 Å². The molecular weight excluding hydrogens is 416 g/mol. The average Bonchev–Trinajstić information content (AvgIpc) is 2.84. The number of amides is 1. The van der Waals surface area contributed by atoms with Crippen molar-refractivity contribution in [1.82, 2.24) is 15.3 Å². The number of carbonyl (C=O) groups excluding carboxylic acids is 1. The number of anilines is 1. The fourth-order valence-electron chi connectivity index (χ4n) is 4.29. The first-order valence-corrected chi connectivity index (χ1v) is 12.1. The number of carbonyl (C=O) groups is 1. The zero-order valence-electron chi connectivity index (χ0n) is 20.4. The van der Waals surface area contributed by atoms with Crippen LogP contribution in [-0.4, -0.2) is 53.3 Å². The fraction of sp³-hybridized carbons (Fsp3) is 0.577. The molecule has 0 saturated carbocycles. The highest BCUT2D eigenvalue weighted by Crippen LogP contribution is 2.29. The molecule has 1 fully saturated rings. The van der Waals surface area contributed by atoms with Crippen molar-refractivity contribution in [3.63, 3.8) is 0 Å². The molecule has 2 aromatic rings. The van der Waals surface area contributed by atoms with Crippen molar-refractivity contribution in [3.8, 4) is 5.75 Å². The Kier molecular flexibility index (Phi) is 9.06. The molecule has 1 amide bonds.